The molecule has 2 rings (SSSR count). The van der Waals surface area contributed by atoms with Crippen LogP contribution in [0.25, 0.3) is 0 Å². The number of benzene rings is 1. The van der Waals surface area contributed by atoms with Crippen molar-refractivity contribution in [1.29, 1.82) is 0 Å². The van der Waals surface area contributed by atoms with Gasteiger partial charge in [0, 0.05) is 29.1 Å². The smallest absolute Gasteiger partial charge is 0.129 e. The van der Waals surface area contributed by atoms with Crippen molar-refractivity contribution in [1.82, 2.24) is 10.3 Å². The van der Waals surface area contributed by atoms with Gasteiger partial charge < -0.3 is 10.1 Å². The second-order valence-electron chi connectivity index (χ2n) is 4.71. The number of thiazole rings is 1. The van der Waals surface area contributed by atoms with E-state index in [0.717, 1.165) is 15.6 Å². The van der Waals surface area contributed by atoms with Crippen LogP contribution in [0.5, 0.6) is 0 Å². The van der Waals surface area contributed by atoms with Crippen LogP contribution in [0.4, 0.5) is 4.39 Å². The van der Waals surface area contributed by atoms with Gasteiger partial charge in [0.15, 0.2) is 0 Å². The van der Waals surface area contributed by atoms with Gasteiger partial charge in [-0.2, -0.15) is 0 Å². The first-order chi connectivity index (χ1) is 10.0. The zero-order chi connectivity index (χ0) is 15.4. The maximum absolute atomic E-state index is 14.2. The molecule has 1 aromatic carbocycles. The Balaban J connectivity index is 2.40. The molecule has 1 unspecified atom stereocenters. The highest BCUT2D eigenvalue weighted by Crippen LogP contribution is 2.33. The van der Waals surface area contributed by atoms with Gasteiger partial charge in [0.2, 0.25) is 0 Å². The van der Waals surface area contributed by atoms with Gasteiger partial charge in [-0.05, 0) is 26.0 Å². The number of rotatable bonds is 6. The molecule has 2 aromatic rings. The zero-order valence-corrected chi connectivity index (χ0v) is 13.8. The number of ether oxygens (including phenoxy) is 1. The van der Waals surface area contributed by atoms with E-state index < -0.39 is 0 Å². The molecular formula is C15H18ClFN2OS. The second kappa shape index (κ2) is 7.31. The van der Waals surface area contributed by atoms with Gasteiger partial charge in [0.05, 0.1) is 18.3 Å². The number of methoxy groups -OCH3 is 1. The standard InChI is InChI=1S/C15H18ClFN2OS/c1-9-10(2)21-15(19-9)14(18-7-8-20-3)13-11(16)5-4-6-12(13)17/h4-6,14,18H,7-8H2,1-3H3. The number of nitrogens with one attached hydrogen (secondary N) is 1. The molecule has 6 heteroatoms. The van der Waals surface area contributed by atoms with E-state index >= 15 is 0 Å². The Hall–Kier alpha value is -1.01. The molecule has 1 aromatic heterocycles. The summed E-state index contributed by atoms with van der Waals surface area (Å²) in [4.78, 5) is 5.66. The molecule has 1 N–H and O–H groups in total. The molecule has 0 bridgehead atoms. The molecule has 3 nitrogen and oxygen atoms in total. The molecule has 0 saturated heterocycles. The predicted octanol–water partition coefficient (Wildman–Crippen LogP) is 3.88. The molecule has 1 atom stereocenters. The highest BCUT2D eigenvalue weighted by atomic mass is 35.5. The Labute approximate surface area is 133 Å². The van der Waals surface area contributed by atoms with Crippen LogP contribution in [0.2, 0.25) is 5.02 Å². The van der Waals surface area contributed by atoms with Crippen molar-refractivity contribution in [2.75, 3.05) is 20.3 Å². The minimum absolute atomic E-state index is 0.331. The quantitative estimate of drug-likeness (QED) is 0.817. The number of nitrogens with zero attached hydrogens (tertiary/aromatic N) is 1. The molecular weight excluding hydrogens is 311 g/mol. The third kappa shape index (κ3) is 3.80. The van der Waals surface area contributed by atoms with Crippen LogP contribution in [0.15, 0.2) is 18.2 Å². The molecule has 0 aliphatic heterocycles. The largest absolute Gasteiger partial charge is 0.383 e. The first-order valence-electron chi connectivity index (χ1n) is 6.64. The third-order valence-corrected chi connectivity index (χ3v) is 4.70. The van der Waals surface area contributed by atoms with E-state index in [1.807, 2.05) is 13.8 Å². The SMILES string of the molecule is COCCNC(c1nc(C)c(C)s1)c1c(F)cccc1Cl. The summed E-state index contributed by atoms with van der Waals surface area (Å²) < 4.78 is 19.3. The zero-order valence-electron chi connectivity index (χ0n) is 12.2. The van der Waals surface area contributed by atoms with Crippen LogP contribution in [-0.4, -0.2) is 25.2 Å². The average molecular weight is 329 g/mol. The van der Waals surface area contributed by atoms with Crippen molar-refractivity contribution >= 4 is 22.9 Å². The van der Waals surface area contributed by atoms with Gasteiger partial charge in [-0.3, -0.25) is 0 Å². The molecule has 0 saturated carbocycles. The predicted molar refractivity (Wildman–Crippen MR) is 84.7 cm³/mol. The lowest BCUT2D eigenvalue weighted by molar-refractivity contribution is 0.197. The maximum atomic E-state index is 14.2. The highest BCUT2D eigenvalue weighted by Gasteiger charge is 2.23. The first kappa shape index (κ1) is 16.4. The van der Waals surface area contributed by atoms with Gasteiger partial charge in [0.25, 0.3) is 0 Å². The molecule has 0 amide bonds. The first-order valence-corrected chi connectivity index (χ1v) is 7.84. The molecule has 0 aliphatic carbocycles. The van der Waals surface area contributed by atoms with Gasteiger partial charge in [0.1, 0.15) is 10.8 Å². The van der Waals surface area contributed by atoms with Crippen molar-refractivity contribution in [3.63, 3.8) is 0 Å². The fourth-order valence-electron chi connectivity index (χ4n) is 2.03. The molecule has 1 heterocycles. The van der Waals surface area contributed by atoms with Gasteiger partial charge in [-0.15, -0.1) is 11.3 Å². The summed E-state index contributed by atoms with van der Waals surface area (Å²) in [5.41, 5.74) is 1.39. The van der Waals surface area contributed by atoms with Crippen molar-refractivity contribution in [2.24, 2.45) is 0 Å². The molecule has 114 valence electrons. The van der Waals surface area contributed by atoms with Crippen LogP contribution < -0.4 is 5.32 Å². The van der Waals surface area contributed by atoms with E-state index in [4.69, 9.17) is 16.3 Å². The van der Waals surface area contributed by atoms with Crippen molar-refractivity contribution in [3.05, 3.63) is 50.2 Å². The maximum Gasteiger partial charge on any atom is 0.129 e. The Morgan fingerprint density at radius 2 is 2.19 bits per heavy atom. The Bertz CT molecular complexity index is 578. The van der Waals surface area contributed by atoms with Crippen molar-refractivity contribution in [2.45, 2.75) is 19.9 Å². The van der Waals surface area contributed by atoms with E-state index in [2.05, 4.69) is 10.3 Å². The molecule has 0 radical (unpaired) electrons. The fourth-order valence-corrected chi connectivity index (χ4v) is 3.31. The van der Waals surface area contributed by atoms with Crippen LogP contribution in [0.3, 0.4) is 0 Å². The van der Waals surface area contributed by atoms with E-state index in [1.54, 1.807) is 30.6 Å². The average Bonchev–Trinajstić information content (AvgIpc) is 2.76. The fraction of sp³-hybridized carbons (Fsp3) is 0.400. The number of halogens is 2. The van der Waals surface area contributed by atoms with Crippen LogP contribution in [-0.2, 0) is 4.74 Å². The Morgan fingerprint density at radius 3 is 2.76 bits per heavy atom. The van der Waals surface area contributed by atoms with Crippen LogP contribution >= 0.6 is 22.9 Å². The molecule has 21 heavy (non-hydrogen) atoms. The highest BCUT2D eigenvalue weighted by molar-refractivity contribution is 7.11. The Morgan fingerprint density at radius 1 is 1.43 bits per heavy atom. The van der Waals surface area contributed by atoms with Crippen molar-refractivity contribution < 1.29 is 9.13 Å². The third-order valence-electron chi connectivity index (χ3n) is 3.24. The minimum Gasteiger partial charge on any atom is -0.383 e. The number of hydrogen-bond donors (Lipinski definition) is 1. The lowest BCUT2D eigenvalue weighted by atomic mass is 10.1. The summed E-state index contributed by atoms with van der Waals surface area (Å²) in [7, 11) is 1.63. The monoisotopic (exact) mass is 328 g/mol. The summed E-state index contributed by atoms with van der Waals surface area (Å²) in [5.74, 6) is -0.331. The van der Waals surface area contributed by atoms with Crippen LogP contribution in [0.1, 0.15) is 27.2 Å². The topological polar surface area (TPSA) is 34.1 Å². The lowest BCUT2D eigenvalue weighted by Crippen LogP contribution is -2.27. The second-order valence-corrected chi connectivity index (χ2v) is 6.35. The van der Waals surface area contributed by atoms with E-state index in [9.17, 15) is 4.39 Å². The number of hydrogen-bond acceptors (Lipinski definition) is 4. The molecule has 0 fully saturated rings. The number of aromatic nitrogens is 1. The summed E-state index contributed by atoms with van der Waals surface area (Å²) in [5, 5.41) is 4.49. The Kier molecular flexibility index (Phi) is 5.70. The summed E-state index contributed by atoms with van der Waals surface area (Å²) >= 11 is 7.75. The van der Waals surface area contributed by atoms with E-state index in [-0.39, 0.29) is 11.9 Å². The van der Waals surface area contributed by atoms with Crippen LogP contribution in [0, 0.1) is 19.7 Å². The van der Waals surface area contributed by atoms with Gasteiger partial charge >= 0.3 is 0 Å². The molecule has 0 aliphatic rings. The van der Waals surface area contributed by atoms with E-state index in [1.165, 1.54) is 6.07 Å². The van der Waals surface area contributed by atoms with Gasteiger partial charge in [-0.1, -0.05) is 17.7 Å². The van der Waals surface area contributed by atoms with Gasteiger partial charge in [-0.25, -0.2) is 9.37 Å². The summed E-state index contributed by atoms with van der Waals surface area (Å²) in [6.07, 6.45) is 0. The molecule has 0 spiro atoms. The summed E-state index contributed by atoms with van der Waals surface area (Å²) in [6, 6.07) is 4.34. The van der Waals surface area contributed by atoms with Crippen molar-refractivity contribution in [3.8, 4) is 0 Å². The number of aryl methyl sites for hydroxylation is 2. The summed E-state index contributed by atoms with van der Waals surface area (Å²) in [6.45, 7) is 5.07. The normalized spacial score (nSPS) is 12.6. The minimum atomic E-state index is -0.369. The van der Waals surface area contributed by atoms with E-state index in [0.29, 0.717) is 23.7 Å². The lowest BCUT2D eigenvalue weighted by Gasteiger charge is -2.18.